The summed E-state index contributed by atoms with van der Waals surface area (Å²) >= 11 is -0.329. The molecule has 0 aliphatic carbocycles. The molecule has 0 atom stereocenters. The minimum atomic E-state index is -0.517. The van der Waals surface area contributed by atoms with E-state index >= 15 is 0 Å². The standard InChI is InChI=1S/C24H30IO6/c1-17(2)23(27)30-16-28-14-18-6-8-19(9-7-18)25-20-10-12-21(13-11-20)29-15-22(26)31-24(3,4)5/h6-13,17H,14-16H2,1-5H3/q-1. The van der Waals surface area contributed by atoms with Crippen LogP contribution in [-0.2, 0) is 30.4 Å². The van der Waals surface area contributed by atoms with E-state index in [2.05, 4.69) is 12.1 Å². The number of esters is 2. The van der Waals surface area contributed by atoms with Gasteiger partial charge in [0.1, 0.15) is 0 Å². The molecule has 0 bridgehead atoms. The molecule has 31 heavy (non-hydrogen) atoms. The average Bonchev–Trinajstić information content (AvgIpc) is 2.70. The summed E-state index contributed by atoms with van der Waals surface area (Å²) in [7, 11) is 0. The van der Waals surface area contributed by atoms with Crippen molar-refractivity contribution in [3.63, 3.8) is 0 Å². The molecule has 6 nitrogen and oxygen atoms in total. The van der Waals surface area contributed by atoms with E-state index in [-0.39, 0.29) is 52.5 Å². The molecule has 0 heterocycles. The molecule has 2 aromatic rings. The summed E-state index contributed by atoms with van der Waals surface area (Å²) in [5, 5.41) is 0. The van der Waals surface area contributed by atoms with Gasteiger partial charge in [-0.15, -0.1) is 0 Å². The molecule has 0 unspecified atom stereocenters. The number of carbonyl (C=O) groups is 2. The van der Waals surface area contributed by atoms with Crippen LogP contribution in [0.25, 0.3) is 0 Å². The van der Waals surface area contributed by atoms with Crippen LogP contribution in [0.5, 0.6) is 5.75 Å². The Kier molecular flexibility index (Phi) is 9.77. The first-order valence-electron chi connectivity index (χ1n) is 10.1. The van der Waals surface area contributed by atoms with Gasteiger partial charge in [-0.25, -0.2) is 0 Å². The molecule has 170 valence electrons. The fraction of sp³-hybridized carbons (Fsp3) is 0.417. The Hall–Kier alpha value is -2.13. The maximum atomic E-state index is 11.7. The summed E-state index contributed by atoms with van der Waals surface area (Å²) in [6.45, 7) is 9.31. The number of carbonyl (C=O) groups excluding carboxylic acids is 2. The van der Waals surface area contributed by atoms with Crippen LogP contribution in [0.2, 0.25) is 0 Å². The average molecular weight is 541 g/mol. The topological polar surface area (TPSA) is 71.1 Å². The Bertz CT molecular complexity index is 838. The number of hydrogen-bond acceptors (Lipinski definition) is 6. The van der Waals surface area contributed by atoms with Crippen LogP contribution >= 0.6 is 0 Å². The normalized spacial score (nSPS) is 11.4. The number of rotatable bonds is 10. The summed E-state index contributed by atoms with van der Waals surface area (Å²) < 4.78 is 23.6. The van der Waals surface area contributed by atoms with Crippen molar-refractivity contribution in [3.05, 3.63) is 61.2 Å². The van der Waals surface area contributed by atoms with Crippen LogP contribution in [0.4, 0.5) is 0 Å². The maximum absolute atomic E-state index is 11.7. The quantitative estimate of drug-likeness (QED) is 0.195. The van der Waals surface area contributed by atoms with E-state index < -0.39 is 5.60 Å². The Labute approximate surface area is 194 Å². The van der Waals surface area contributed by atoms with Gasteiger partial charge in [0.05, 0.1) is 0 Å². The van der Waals surface area contributed by atoms with Crippen molar-refractivity contribution in [1.29, 1.82) is 0 Å². The summed E-state index contributed by atoms with van der Waals surface area (Å²) in [6.07, 6.45) is 0. The van der Waals surface area contributed by atoms with Gasteiger partial charge in [0.2, 0.25) is 0 Å². The molecular weight excluding hydrogens is 511 g/mol. The van der Waals surface area contributed by atoms with Crippen molar-refractivity contribution in [2.24, 2.45) is 5.92 Å². The molecular formula is C24H30IO6-. The zero-order valence-electron chi connectivity index (χ0n) is 18.6. The van der Waals surface area contributed by atoms with Gasteiger partial charge >= 0.3 is 195 Å². The van der Waals surface area contributed by atoms with Gasteiger partial charge in [-0.05, 0) is 0 Å². The fourth-order valence-electron chi connectivity index (χ4n) is 2.30. The molecule has 0 fully saturated rings. The summed E-state index contributed by atoms with van der Waals surface area (Å²) in [5.74, 6) is -0.158. The number of ether oxygens (including phenoxy) is 4. The summed E-state index contributed by atoms with van der Waals surface area (Å²) in [6, 6.07) is 16.0. The van der Waals surface area contributed by atoms with Crippen molar-refractivity contribution >= 4 is 11.9 Å². The van der Waals surface area contributed by atoms with Crippen LogP contribution < -0.4 is 25.9 Å². The number of hydrogen-bond donors (Lipinski definition) is 0. The van der Waals surface area contributed by atoms with Gasteiger partial charge in [0, 0.05) is 0 Å². The predicted octanol–water partition coefficient (Wildman–Crippen LogP) is 1.21. The fourth-order valence-corrected chi connectivity index (χ4v) is 4.46. The van der Waals surface area contributed by atoms with Gasteiger partial charge in [0.15, 0.2) is 0 Å². The minimum absolute atomic E-state index is 0.0337. The molecule has 0 spiro atoms. The van der Waals surface area contributed by atoms with E-state index in [1.165, 1.54) is 7.14 Å². The van der Waals surface area contributed by atoms with E-state index in [0.29, 0.717) is 12.4 Å². The first-order chi connectivity index (χ1) is 14.6. The van der Waals surface area contributed by atoms with Crippen LogP contribution in [0.1, 0.15) is 40.2 Å². The number of benzene rings is 2. The van der Waals surface area contributed by atoms with Crippen molar-refractivity contribution in [2.45, 2.75) is 46.8 Å². The van der Waals surface area contributed by atoms with Crippen molar-refractivity contribution in [2.75, 3.05) is 13.4 Å². The molecule has 2 rings (SSSR count). The Morgan fingerprint density at radius 2 is 1.52 bits per heavy atom. The second-order valence-electron chi connectivity index (χ2n) is 8.13. The van der Waals surface area contributed by atoms with Gasteiger partial charge in [-0.3, -0.25) is 0 Å². The van der Waals surface area contributed by atoms with Crippen LogP contribution in [0.3, 0.4) is 0 Å². The first-order valence-corrected chi connectivity index (χ1v) is 12.2. The molecule has 0 aliphatic heterocycles. The Morgan fingerprint density at radius 1 is 0.935 bits per heavy atom. The van der Waals surface area contributed by atoms with Crippen molar-refractivity contribution in [1.82, 2.24) is 0 Å². The van der Waals surface area contributed by atoms with E-state index in [1.807, 2.05) is 57.2 Å². The molecule has 0 saturated carbocycles. The Balaban J connectivity index is 1.76. The summed E-state index contributed by atoms with van der Waals surface area (Å²) in [4.78, 5) is 23.1. The van der Waals surface area contributed by atoms with Crippen molar-refractivity contribution < 1.29 is 49.7 Å². The molecule has 0 aliphatic rings. The van der Waals surface area contributed by atoms with Crippen LogP contribution in [0, 0.1) is 13.1 Å². The third kappa shape index (κ3) is 10.1. The molecule has 7 heteroatoms. The van der Waals surface area contributed by atoms with Gasteiger partial charge in [-0.2, -0.15) is 0 Å². The van der Waals surface area contributed by atoms with E-state index in [1.54, 1.807) is 13.8 Å². The van der Waals surface area contributed by atoms with Crippen LogP contribution in [-0.4, -0.2) is 30.9 Å². The third-order valence-electron chi connectivity index (χ3n) is 3.75. The molecule has 0 N–H and O–H groups in total. The monoisotopic (exact) mass is 541 g/mol. The van der Waals surface area contributed by atoms with E-state index in [9.17, 15) is 9.59 Å². The van der Waals surface area contributed by atoms with Gasteiger partial charge in [0.25, 0.3) is 0 Å². The second-order valence-corrected chi connectivity index (χ2v) is 11.2. The molecule has 0 radical (unpaired) electrons. The van der Waals surface area contributed by atoms with Gasteiger partial charge < -0.3 is 0 Å². The van der Waals surface area contributed by atoms with Gasteiger partial charge in [-0.1, -0.05) is 0 Å². The molecule has 2 aromatic carbocycles. The Morgan fingerprint density at radius 3 is 2.06 bits per heavy atom. The van der Waals surface area contributed by atoms with E-state index in [0.717, 1.165) is 5.56 Å². The third-order valence-corrected chi connectivity index (χ3v) is 6.43. The number of halogens is 1. The van der Waals surface area contributed by atoms with Crippen molar-refractivity contribution in [3.8, 4) is 5.75 Å². The second kappa shape index (κ2) is 12.0. The van der Waals surface area contributed by atoms with Crippen LogP contribution in [0.15, 0.2) is 48.5 Å². The zero-order valence-corrected chi connectivity index (χ0v) is 20.8. The van der Waals surface area contributed by atoms with E-state index in [4.69, 9.17) is 18.9 Å². The first kappa shape index (κ1) is 25.1. The zero-order chi connectivity index (χ0) is 22.9. The molecule has 0 saturated heterocycles. The predicted molar refractivity (Wildman–Crippen MR) is 112 cm³/mol. The SMILES string of the molecule is CC(C)C(=O)OCOCc1ccc([I-]c2ccc(OCC(=O)OC(C)(C)C)cc2)cc1. The molecule has 0 aromatic heterocycles. The molecule has 0 amide bonds. The summed E-state index contributed by atoms with van der Waals surface area (Å²) in [5.41, 5.74) is 0.510.